The first kappa shape index (κ1) is 18.4. The number of aromatic hydroxyl groups is 1. The first-order valence-corrected chi connectivity index (χ1v) is 9.58. The summed E-state index contributed by atoms with van der Waals surface area (Å²) in [5.74, 6) is 1.44. The fourth-order valence-corrected chi connectivity index (χ4v) is 4.23. The molecule has 2 fully saturated rings. The van der Waals surface area contributed by atoms with Crippen LogP contribution in [0.2, 0.25) is 0 Å². The number of phenols is 1. The van der Waals surface area contributed by atoms with Gasteiger partial charge < -0.3 is 20.6 Å². The Balaban J connectivity index is 1.49. The number of nitrogens with zero attached hydrogens (tertiary/aromatic N) is 3. The molecule has 7 nitrogen and oxygen atoms in total. The number of fused-ring (bicyclic) bond motifs is 2. The molecular formula is C21H25N5O2. The van der Waals surface area contributed by atoms with Gasteiger partial charge in [-0.2, -0.15) is 0 Å². The van der Waals surface area contributed by atoms with E-state index >= 15 is 0 Å². The van der Waals surface area contributed by atoms with Crippen LogP contribution in [0.1, 0.15) is 18.4 Å². The molecule has 7 heteroatoms. The number of anilines is 1. The van der Waals surface area contributed by atoms with Crippen molar-refractivity contribution in [3.63, 3.8) is 0 Å². The van der Waals surface area contributed by atoms with Crippen LogP contribution < -0.4 is 15.5 Å². The van der Waals surface area contributed by atoms with Crippen molar-refractivity contribution in [3.8, 4) is 17.0 Å². The standard InChI is InChI=1S/C21H25N5O2/c1-22-21(28)8-4-13-3-5-16(19(27)9-13)17-6-7-20(25-24-17)26(2)18-11-15-10-14(18)12-23-15/h3-9,14-15,18,23,27H,10-12H2,1-2H3,(H,22,28)/b8-4+/t14?,15?,18-/m0/s1. The number of hydrogen-bond acceptors (Lipinski definition) is 6. The van der Waals surface area contributed by atoms with E-state index in [1.165, 1.54) is 12.5 Å². The second-order valence-corrected chi connectivity index (χ2v) is 7.52. The predicted molar refractivity (Wildman–Crippen MR) is 109 cm³/mol. The van der Waals surface area contributed by atoms with Gasteiger partial charge in [0, 0.05) is 44.4 Å². The fraction of sp³-hybridized carbons (Fsp3) is 0.381. The van der Waals surface area contributed by atoms with Crippen LogP contribution in [-0.4, -0.2) is 53.9 Å². The first-order valence-electron chi connectivity index (χ1n) is 9.58. The molecule has 1 aromatic heterocycles. The molecule has 1 saturated carbocycles. The Hall–Kier alpha value is -2.93. The smallest absolute Gasteiger partial charge is 0.243 e. The van der Waals surface area contributed by atoms with E-state index in [2.05, 4.69) is 32.8 Å². The third kappa shape index (κ3) is 3.57. The van der Waals surface area contributed by atoms with Crippen LogP contribution in [0.3, 0.4) is 0 Å². The van der Waals surface area contributed by atoms with Gasteiger partial charge in [-0.25, -0.2) is 0 Å². The monoisotopic (exact) mass is 379 g/mol. The van der Waals surface area contributed by atoms with Gasteiger partial charge in [0.1, 0.15) is 5.75 Å². The lowest BCUT2D eigenvalue weighted by Gasteiger charge is -2.32. The Morgan fingerprint density at radius 2 is 2.14 bits per heavy atom. The third-order valence-corrected chi connectivity index (χ3v) is 5.81. The van der Waals surface area contributed by atoms with Gasteiger partial charge in [0.25, 0.3) is 0 Å². The van der Waals surface area contributed by atoms with E-state index in [4.69, 9.17) is 0 Å². The number of rotatable bonds is 5. The Kier molecular flexibility index (Phi) is 5.00. The fourth-order valence-electron chi connectivity index (χ4n) is 4.23. The molecule has 3 atom stereocenters. The summed E-state index contributed by atoms with van der Waals surface area (Å²) in [7, 11) is 3.65. The Labute approximate surface area is 164 Å². The van der Waals surface area contributed by atoms with Gasteiger partial charge in [0.05, 0.1) is 5.69 Å². The highest BCUT2D eigenvalue weighted by Crippen LogP contribution is 2.36. The second kappa shape index (κ2) is 7.59. The number of carbonyl (C=O) groups is 1. The lowest BCUT2D eigenvalue weighted by molar-refractivity contribution is -0.115. The van der Waals surface area contributed by atoms with Crippen LogP contribution in [0.15, 0.2) is 36.4 Å². The second-order valence-electron chi connectivity index (χ2n) is 7.52. The molecule has 3 N–H and O–H groups in total. The number of phenolic OH excluding ortho intramolecular Hbond substituents is 1. The van der Waals surface area contributed by atoms with Crippen LogP contribution in [0.25, 0.3) is 17.3 Å². The largest absolute Gasteiger partial charge is 0.507 e. The molecule has 1 amide bonds. The van der Waals surface area contributed by atoms with Gasteiger partial charge in [-0.1, -0.05) is 6.07 Å². The van der Waals surface area contributed by atoms with Gasteiger partial charge in [-0.3, -0.25) is 4.79 Å². The summed E-state index contributed by atoms with van der Waals surface area (Å²) >= 11 is 0. The minimum atomic E-state index is -0.194. The molecule has 2 unspecified atom stereocenters. The average molecular weight is 379 g/mol. The first-order chi connectivity index (χ1) is 13.5. The van der Waals surface area contributed by atoms with E-state index in [0.717, 1.165) is 24.3 Å². The van der Waals surface area contributed by atoms with Crippen molar-refractivity contribution in [1.82, 2.24) is 20.8 Å². The van der Waals surface area contributed by atoms with E-state index in [-0.39, 0.29) is 11.7 Å². The number of nitrogens with one attached hydrogen (secondary N) is 2. The maximum atomic E-state index is 11.3. The van der Waals surface area contributed by atoms with Gasteiger partial charge in [-0.15, -0.1) is 10.2 Å². The Morgan fingerprint density at radius 3 is 2.75 bits per heavy atom. The molecule has 2 bridgehead atoms. The number of carbonyl (C=O) groups excluding carboxylic acids is 1. The molecular weight excluding hydrogens is 354 g/mol. The minimum absolute atomic E-state index is 0.105. The summed E-state index contributed by atoms with van der Waals surface area (Å²) in [5, 5.41) is 25.1. The molecule has 4 rings (SSSR count). The topological polar surface area (TPSA) is 90.4 Å². The summed E-state index contributed by atoms with van der Waals surface area (Å²) in [6.07, 6.45) is 5.46. The third-order valence-electron chi connectivity index (χ3n) is 5.81. The normalized spacial score (nSPS) is 23.3. The Bertz CT molecular complexity index is 896. The minimum Gasteiger partial charge on any atom is -0.507 e. The molecule has 28 heavy (non-hydrogen) atoms. The maximum absolute atomic E-state index is 11.3. The van der Waals surface area contributed by atoms with Crippen molar-refractivity contribution < 1.29 is 9.90 Å². The number of benzene rings is 1. The van der Waals surface area contributed by atoms with Gasteiger partial charge in [0.2, 0.25) is 5.91 Å². The highest BCUT2D eigenvalue weighted by atomic mass is 16.3. The van der Waals surface area contributed by atoms with Crippen LogP contribution in [-0.2, 0) is 4.79 Å². The van der Waals surface area contributed by atoms with Gasteiger partial charge in [-0.05, 0) is 54.7 Å². The lowest BCUT2D eigenvalue weighted by Crippen LogP contribution is -2.43. The summed E-state index contributed by atoms with van der Waals surface area (Å²) in [6.45, 7) is 1.08. The van der Waals surface area contributed by atoms with Gasteiger partial charge in [0.15, 0.2) is 5.82 Å². The van der Waals surface area contributed by atoms with E-state index in [1.54, 1.807) is 25.3 Å². The van der Waals surface area contributed by atoms with E-state index in [0.29, 0.717) is 29.3 Å². The van der Waals surface area contributed by atoms with E-state index in [1.807, 2.05) is 18.2 Å². The highest BCUT2D eigenvalue weighted by Gasteiger charge is 2.41. The summed E-state index contributed by atoms with van der Waals surface area (Å²) < 4.78 is 0. The predicted octanol–water partition coefficient (Wildman–Crippen LogP) is 1.79. The zero-order valence-electron chi connectivity index (χ0n) is 16.1. The molecule has 1 saturated heterocycles. The Morgan fingerprint density at radius 1 is 1.29 bits per heavy atom. The van der Waals surface area contributed by atoms with Crippen LogP contribution in [0.5, 0.6) is 5.75 Å². The van der Waals surface area contributed by atoms with Crippen molar-refractivity contribution >= 4 is 17.8 Å². The average Bonchev–Trinajstić information content (AvgIpc) is 3.35. The van der Waals surface area contributed by atoms with Crippen LogP contribution in [0.4, 0.5) is 5.82 Å². The van der Waals surface area contributed by atoms with Crippen LogP contribution in [0, 0.1) is 5.92 Å². The van der Waals surface area contributed by atoms with Crippen molar-refractivity contribution in [2.45, 2.75) is 24.9 Å². The molecule has 1 aromatic carbocycles. The van der Waals surface area contributed by atoms with Crippen LogP contribution >= 0.6 is 0 Å². The van der Waals surface area contributed by atoms with Crippen molar-refractivity contribution in [1.29, 1.82) is 0 Å². The number of piperidine rings is 1. The summed E-state index contributed by atoms with van der Waals surface area (Å²) in [5.41, 5.74) is 1.97. The molecule has 146 valence electrons. The quantitative estimate of drug-likeness (QED) is 0.687. The summed E-state index contributed by atoms with van der Waals surface area (Å²) in [6, 6.07) is 10.2. The molecule has 2 aromatic rings. The van der Waals surface area contributed by atoms with E-state index < -0.39 is 0 Å². The maximum Gasteiger partial charge on any atom is 0.243 e. The molecule has 2 heterocycles. The van der Waals surface area contributed by atoms with E-state index in [9.17, 15) is 9.90 Å². The molecule has 2 aliphatic rings. The molecule has 0 radical (unpaired) electrons. The number of amides is 1. The molecule has 0 spiro atoms. The van der Waals surface area contributed by atoms with Crippen molar-refractivity contribution in [2.24, 2.45) is 5.92 Å². The lowest BCUT2D eigenvalue weighted by atomic mass is 10.0. The highest BCUT2D eigenvalue weighted by molar-refractivity contribution is 5.91. The molecule has 1 aliphatic heterocycles. The summed E-state index contributed by atoms with van der Waals surface area (Å²) in [4.78, 5) is 13.5. The zero-order chi connectivity index (χ0) is 19.7. The number of likely N-dealkylation sites (N-methyl/N-ethyl adjacent to an activating group) is 1. The van der Waals surface area contributed by atoms with Crippen molar-refractivity contribution in [2.75, 3.05) is 25.5 Å². The number of aromatic nitrogens is 2. The molecule has 1 aliphatic carbocycles. The SMILES string of the molecule is CNC(=O)/C=C/c1ccc(-c2ccc(N(C)[C@H]3CC4CC3CN4)nn2)c(O)c1. The zero-order valence-corrected chi connectivity index (χ0v) is 16.1. The van der Waals surface area contributed by atoms with Crippen molar-refractivity contribution in [3.05, 3.63) is 42.0 Å². The van der Waals surface area contributed by atoms with Gasteiger partial charge >= 0.3 is 0 Å². The number of hydrogen-bond donors (Lipinski definition) is 3.